The van der Waals surface area contributed by atoms with Crippen LogP contribution in [0.5, 0.6) is 0 Å². The van der Waals surface area contributed by atoms with E-state index in [2.05, 4.69) is 231 Å². The van der Waals surface area contributed by atoms with Crippen LogP contribution in [0.2, 0.25) is 0 Å². The minimum atomic E-state index is -0.135. The van der Waals surface area contributed by atoms with Gasteiger partial charge in [0.05, 0.1) is 22.1 Å². The van der Waals surface area contributed by atoms with Crippen molar-refractivity contribution in [1.29, 1.82) is 0 Å². The summed E-state index contributed by atoms with van der Waals surface area (Å²) >= 11 is 3.76. The van der Waals surface area contributed by atoms with E-state index in [-0.39, 0.29) is 5.41 Å². The van der Waals surface area contributed by atoms with Crippen molar-refractivity contribution in [1.82, 2.24) is 9.13 Å². The van der Waals surface area contributed by atoms with Crippen LogP contribution in [0.3, 0.4) is 0 Å². The Kier molecular flexibility index (Phi) is 8.46. The van der Waals surface area contributed by atoms with Crippen LogP contribution < -0.4 is 0 Å². The SMILES string of the molecule is Cc1ccc(-n2c3ccccc3c3cc(-c4ccc(-c5ccc6c(c5)C(C)(C)c5cc(-c7ccc(-c8ccc9c(c8)c8ccccc8n9-c8ccc(C)cc8)s7)ccc5-6)s4)ccc32)cc1. The Bertz CT molecular complexity index is 3610. The molecule has 4 heterocycles. The van der Waals surface area contributed by atoms with Gasteiger partial charge in [-0.25, -0.2) is 0 Å². The number of hydrogen-bond donors (Lipinski definition) is 0. The fourth-order valence-electron chi connectivity index (χ4n) is 10.5. The number of aromatic nitrogens is 2. The third-order valence-corrected chi connectivity index (χ3v) is 16.3. The number of rotatable bonds is 6. The van der Waals surface area contributed by atoms with Gasteiger partial charge in [-0.15, -0.1) is 22.7 Å². The Labute approximate surface area is 386 Å². The molecule has 0 atom stereocenters. The molecule has 0 bridgehead atoms. The lowest BCUT2D eigenvalue weighted by Gasteiger charge is -2.22. The second-order valence-corrected chi connectivity index (χ2v) is 20.5. The van der Waals surface area contributed by atoms with Crippen LogP contribution in [0, 0.1) is 13.8 Å². The lowest BCUT2D eigenvalue weighted by molar-refractivity contribution is 0.661. The van der Waals surface area contributed by atoms with Gasteiger partial charge in [-0.1, -0.05) is 122 Å². The molecule has 310 valence electrons. The Balaban J connectivity index is 0.801. The highest BCUT2D eigenvalue weighted by molar-refractivity contribution is 7.19. The summed E-state index contributed by atoms with van der Waals surface area (Å²) in [6.07, 6.45) is 0. The summed E-state index contributed by atoms with van der Waals surface area (Å²) in [5.41, 5.74) is 20.3. The molecule has 2 nitrogen and oxygen atoms in total. The molecule has 4 aromatic heterocycles. The fraction of sp³-hybridized carbons (Fsp3) is 0.0820. The van der Waals surface area contributed by atoms with Crippen molar-refractivity contribution in [2.75, 3.05) is 0 Å². The van der Waals surface area contributed by atoms with Gasteiger partial charge < -0.3 is 9.13 Å². The molecule has 65 heavy (non-hydrogen) atoms. The molecule has 0 unspecified atom stereocenters. The zero-order valence-electron chi connectivity index (χ0n) is 36.7. The molecule has 4 heteroatoms. The molecule has 0 amide bonds. The predicted molar refractivity (Wildman–Crippen MR) is 280 cm³/mol. The Morgan fingerprint density at radius 2 is 0.692 bits per heavy atom. The molecular weight excluding hydrogens is 825 g/mol. The van der Waals surface area contributed by atoms with E-state index >= 15 is 0 Å². The predicted octanol–water partition coefficient (Wildman–Crippen LogP) is 17.6. The number of hydrogen-bond acceptors (Lipinski definition) is 2. The van der Waals surface area contributed by atoms with Crippen molar-refractivity contribution in [3.63, 3.8) is 0 Å². The van der Waals surface area contributed by atoms with E-state index in [1.54, 1.807) is 0 Å². The average Bonchev–Trinajstić information content (AvgIpc) is 4.18. The zero-order valence-corrected chi connectivity index (χ0v) is 38.3. The van der Waals surface area contributed by atoms with E-state index in [0.717, 1.165) is 0 Å². The highest BCUT2D eigenvalue weighted by Gasteiger charge is 2.36. The van der Waals surface area contributed by atoms with Crippen LogP contribution in [0.4, 0.5) is 0 Å². The summed E-state index contributed by atoms with van der Waals surface area (Å²) in [6.45, 7) is 9.09. The van der Waals surface area contributed by atoms with E-state index in [1.807, 2.05) is 22.7 Å². The van der Waals surface area contributed by atoms with Crippen LogP contribution in [0.15, 0.2) is 194 Å². The van der Waals surface area contributed by atoms with E-state index in [1.165, 1.54) is 130 Å². The number of fused-ring (bicyclic) bond motifs is 9. The molecule has 0 aliphatic heterocycles. The first-order chi connectivity index (χ1) is 31.8. The second-order valence-electron chi connectivity index (χ2n) is 18.3. The summed E-state index contributed by atoms with van der Waals surface area (Å²) in [5.74, 6) is 0. The van der Waals surface area contributed by atoms with Crippen molar-refractivity contribution < 1.29 is 0 Å². The van der Waals surface area contributed by atoms with Crippen molar-refractivity contribution in [2.45, 2.75) is 33.1 Å². The van der Waals surface area contributed by atoms with Crippen molar-refractivity contribution in [3.8, 4) is 64.3 Å². The summed E-state index contributed by atoms with van der Waals surface area (Å²) in [5, 5.41) is 5.12. The minimum absolute atomic E-state index is 0.135. The molecule has 0 saturated carbocycles. The van der Waals surface area contributed by atoms with Gasteiger partial charge in [0.15, 0.2) is 0 Å². The molecule has 1 aliphatic rings. The van der Waals surface area contributed by atoms with Crippen molar-refractivity contribution in [2.24, 2.45) is 0 Å². The number of nitrogens with zero attached hydrogens (tertiary/aromatic N) is 2. The first-order valence-corrected chi connectivity index (χ1v) is 24.1. The van der Waals surface area contributed by atoms with Crippen LogP contribution in [0.25, 0.3) is 108 Å². The molecule has 13 rings (SSSR count). The second kappa shape index (κ2) is 14.4. The normalized spacial score (nSPS) is 13.0. The molecule has 0 N–H and O–H groups in total. The van der Waals surface area contributed by atoms with Gasteiger partial charge in [0.25, 0.3) is 0 Å². The van der Waals surface area contributed by atoms with E-state index < -0.39 is 0 Å². The van der Waals surface area contributed by atoms with Gasteiger partial charge in [0.2, 0.25) is 0 Å². The lowest BCUT2D eigenvalue weighted by Crippen LogP contribution is -2.15. The Morgan fingerprint density at radius 1 is 0.338 bits per heavy atom. The third-order valence-electron chi connectivity index (χ3n) is 14.0. The Hall–Kier alpha value is -7.24. The summed E-state index contributed by atoms with van der Waals surface area (Å²) in [4.78, 5) is 5.15. The van der Waals surface area contributed by atoms with Crippen LogP contribution in [0.1, 0.15) is 36.1 Å². The fourth-order valence-corrected chi connectivity index (χ4v) is 12.5. The number of aryl methyl sites for hydroxylation is 2. The highest BCUT2D eigenvalue weighted by Crippen LogP contribution is 2.52. The first-order valence-electron chi connectivity index (χ1n) is 22.5. The number of benzene rings is 8. The van der Waals surface area contributed by atoms with Gasteiger partial charge >= 0.3 is 0 Å². The molecule has 0 radical (unpaired) electrons. The summed E-state index contributed by atoms with van der Waals surface area (Å²) in [7, 11) is 0. The van der Waals surface area contributed by atoms with Crippen LogP contribution >= 0.6 is 22.7 Å². The molecule has 0 saturated heterocycles. The standard InChI is InChI=1S/C61H44N2S2/c1-37-13-21-43(22-14-37)62-53-11-7-5-9-47(53)49-33-39(19-27-55(49)62)57-29-31-59(64-57)41-17-25-45-46-26-18-42(36-52(46)61(3,4)51(45)35-41)60-32-30-58(65-60)40-20-28-56-50(34-40)48-10-6-8-12-54(48)63(56)44-23-15-38(2)16-24-44/h5-36H,1-4H3. The minimum Gasteiger partial charge on any atom is -0.309 e. The third kappa shape index (κ3) is 5.98. The lowest BCUT2D eigenvalue weighted by atomic mass is 9.81. The van der Waals surface area contributed by atoms with Crippen molar-refractivity contribution >= 4 is 66.3 Å². The molecular formula is C61H44N2S2. The maximum atomic E-state index is 2.46. The first kappa shape index (κ1) is 38.2. The van der Waals surface area contributed by atoms with E-state index in [0.29, 0.717) is 0 Å². The summed E-state index contributed by atoms with van der Waals surface area (Å²) < 4.78 is 4.79. The van der Waals surface area contributed by atoms with Gasteiger partial charge in [0, 0.05) is 57.8 Å². The molecule has 0 fully saturated rings. The van der Waals surface area contributed by atoms with Gasteiger partial charge in [-0.2, -0.15) is 0 Å². The van der Waals surface area contributed by atoms with Crippen molar-refractivity contribution in [3.05, 3.63) is 216 Å². The topological polar surface area (TPSA) is 9.86 Å². The van der Waals surface area contributed by atoms with Gasteiger partial charge in [-0.3, -0.25) is 0 Å². The average molecular weight is 869 g/mol. The quantitative estimate of drug-likeness (QED) is 0.158. The zero-order chi connectivity index (χ0) is 43.6. The maximum Gasteiger partial charge on any atom is 0.0541 e. The molecule has 1 aliphatic carbocycles. The number of thiophene rings is 2. The van der Waals surface area contributed by atoms with Gasteiger partial charge in [-0.05, 0) is 155 Å². The van der Waals surface area contributed by atoms with Crippen LogP contribution in [-0.4, -0.2) is 9.13 Å². The smallest absolute Gasteiger partial charge is 0.0541 e. The largest absolute Gasteiger partial charge is 0.309 e. The monoisotopic (exact) mass is 868 g/mol. The summed E-state index contributed by atoms with van der Waals surface area (Å²) in [6, 6.07) is 72.7. The van der Waals surface area contributed by atoms with E-state index in [9.17, 15) is 0 Å². The number of para-hydroxylation sites is 2. The maximum absolute atomic E-state index is 2.46. The van der Waals surface area contributed by atoms with Crippen LogP contribution in [-0.2, 0) is 5.41 Å². The molecule has 8 aromatic carbocycles. The molecule has 12 aromatic rings. The van der Waals surface area contributed by atoms with E-state index in [4.69, 9.17) is 0 Å². The molecule has 0 spiro atoms. The Morgan fingerprint density at radius 3 is 1.11 bits per heavy atom. The highest BCUT2D eigenvalue weighted by atomic mass is 32.1. The van der Waals surface area contributed by atoms with Gasteiger partial charge in [0.1, 0.15) is 0 Å².